The first-order valence-electron chi connectivity index (χ1n) is 7.96. The minimum Gasteiger partial charge on any atom is -0.341 e. The third-order valence-electron chi connectivity index (χ3n) is 3.85. The number of fused-ring (bicyclic) bond motifs is 1. The molecule has 9 heteroatoms. The molecule has 2 aromatic carbocycles. The summed E-state index contributed by atoms with van der Waals surface area (Å²) in [5, 5.41) is 3.99. The average Bonchev–Trinajstić information content (AvgIpc) is 3.21. The fourth-order valence-electron chi connectivity index (χ4n) is 2.60. The van der Waals surface area contributed by atoms with Gasteiger partial charge in [-0.05, 0) is 47.7 Å². The summed E-state index contributed by atoms with van der Waals surface area (Å²) in [4.78, 5) is 24.7. The van der Waals surface area contributed by atoms with E-state index in [1.54, 1.807) is 24.3 Å². The second-order valence-corrected chi connectivity index (χ2v) is 7.56. The van der Waals surface area contributed by atoms with Crippen molar-refractivity contribution in [2.75, 3.05) is 0 Å². The smallest absolute Gasteiger partial charge is 0.264 e. The molecule has 1 aliphatic heterocycles. The van der Waals surface area contributed by atoms with Crippen LogP contribution in [-0.4, -0.2) is 21.0 Å². The Morgan fingerprint density at radius 1 is 1.22 bits per heavy atom. The minimum absolute atomic E-state index is 0.228. The number of rotatable bonds is 3. The van der Waals surface area contributed by atoms with Gasteiger partial charge in [-0.3, -0.25) is 4.79 Å². The van der Waals surface area contributed by atoms with Gasteiger partial charge >= 0.3 is 0 Å². The predicted molar refractivity (Wildman–Crippen MR) is 111 cm³/mol. The predicted octanol–water partition coefficient (Wildman–Crippen LogP) is 4.22. The Morgan fingerprint density at radius 2 is 2.00 bits per heavy atom. The number of nitrogens with one attached hydrogen (secondary N) is 2. The van der Waals surface area contributed by atoms with Crippen LogP contribution in [0.25, 0.3) is 17.1 Å². The molecule has 0 spiro atoms. The first-order chi connectivity index (χ1) is 13.0. The van der Waals surface area contributed by atoms with E-state index in [2.05, 4.69) is 20.3 Å². The van der Waals surface area contributed by atoms with Crippen molar-refractivity contribution in [1.29, 1.82) is 0 Å². The topological polar surface area (TPSA) is 96.2 Å². The molecule has 1 aromatic heterocycles. The van der Waals surface area contributed by atoms with Crippen LogP contribution < -0.4 is 11.1 Å². The summed E-state index contributed by atoms with van der Waals surface area (Å²) in [5.74, 6) is 0.489. The number of nitrogens with two attached hydrogens (primary N) is 1. The maximum atomic E-state index is 12.3. The van der Waals surface area contributed by atoms with E-state index in [1.807, 2.05) is 18.2 Å². The lowest BCUT2D eigenvalue weighted by Gasteiger charge is -2.01. The quantitative estimate of drug-likeness (QED) is 0.555. The van der Waals surface area contributed by atoms with Gasteiger partial charge in [-0.2, -0.15) is 0 Å². The molecule has 0 atom stereocenters. The molecule has 4 rings (SSSR count). The van der Waals surface area contributed by atoms with Gasteiger partial charge in [-0.1, -0.05) is 35.3 Å². The number of benzene rings is 2. The SMILES string of the molecule is NCc1nc2ccc(/C=C3\S/C(=N\c4c(Cl)cccc4Cl)NC3=O)cc2[nH]1. The maximum Gasteiger partial charge on any atom is 0.264 e. The minimum atomic E-state index is -0.228. The van der Waals surface area contributed by atoms with Crippen LogP contribution in [0.3, 0.4) is 0 Å². The summed E-state index contributed by atoms with van der Waals surface area (Å²) < 4.78 is 0. The van der Waals surface area contributed by atoms with Gasteiger partial charge in [0.1, 0.15) is 11.5 Å². The van der Waals surface area contributed by atoms with E-state index < -0.39 is 0 Å². The van der Waals surface area contributed by atoms with Gasteiger partial charge in [-0.25, -0.2) is 9.98 Å². The summed E-state index contributed by atoms with van der Waals surface area (Å²) >= 11 is 13.5. The molecule has 27 heavy (non-hydrogen) atoms. The molecule has 4 N–H and O–H groups in total. The van der Waals surface area contributed by atoms with Crippen LogP contribution in [0.4, 0.5) is 5.69 Å². The highest BCUT2D eigenvalue weighted by Gasteiger charge is 2.24. The number of H-pyrrole nitrogens is 1. The number of carbonyl (C=O) groups is 1. The van der Waals surface area contributed by atoms with Crippen LogP contribution in [-0.2, 0) is 11.3 Å². The Bertz CT molecular complexity index is 1100. The highest BCUT2D eigenvalue weighted by Crippen LogP contribution is 2.35. The number of aromatic amines is 1. The number of amides is 1. The Balaban J connectivity index is 1.63. The van der Waals surface area contributed by atoms with Crippen LogP contribution >= 0.6 is 35.0 Å². The number of hydrogen-bond donors (Lipinski definition) is 3. The highest BCUT2D eigenvalue weighted by molar-refractivity contribution is 8.18. The van der Waals surface area contributed by atoms with Crippen LogP contribution in [0.2, 0.25) is 10.0 Å². The molecule has 0 aliphatic carbocycles. The number of aromatic nitrogens is 2. The standard InChI is InChI=1S/C18H13Cl2N5OS/c19-10-2-1-3-11(20)16(10)24-18-25-17(26)14(27-18)7-9-4-5-12-13(6-9)23-15(8-21)22-12/h1-7H,8,21H2,(H,22,23)(H,24,25,26)/b14-7-. The largest absolute Gasteiger partial charge is 0.341 e. The van der Waals surface area contributed by atoms with Gasteiger partial charge in [0.25, 0.3) is 5.91 Å². The first-order valence-corrected chi connectivity index (χ1v) is 9.53. The molecule has 2 heterocycles. The van der Waals surface area contributed by atoms with Crippen LogP contribution in [0, 0.1) is 0 Å². The Hall–Kier alpha value is -2.32. The Morgan fingerprint density at radius 3 is 2.74 bits per heavy atom. The zero-order chi connectivity index (χ0) is 19.0. The summed E-state index contributed by atoms with van der Waals surface area (Å²) in [6.07, 6.45) is 1.79. The molecule has 6 nitrogen and oxygen atoms in total. The van der Waals surface area contributed by atoms with Crippen molar-refractivity contribution in [3.8, 4) is 0 Å². The third-order valence-corrected chi connectivity index (χ3v) is 5.37. The number of carbonyl (C=O) groups excluding carboxylic acids is 1. The van der Waals surface area contributed by atoms with Crippen molar-refractivity contribution in [2.24, 2.45) is 10.7 Å². The number of amidine groups is 1. The molecular formula is C18H13Cl2N5OS. The summed E-state index contributed by atoms with van der Waals surface area (Å²) in [5.41, 5.74) is 8.60. The van der Waals surface area contributed by atoms with E-state index in [9.17, 15) is 4.79 Å². The third kappa shape index (κ3) is 3.72. The molecule has 1 aliphatic rings. The van der Waals surface area contributed by atoms with Gasteiger partial charge in [0, 0.05) is 0 Å². The number of para-hydroxylation sites is 1. The van der Waals surface area contributed by atoms with Gasteiger partial charge < -0.3 is 16.0 Å². The van der Waals surface area contributed by atoms with Crippen molar-refractivity contribution in [1.82, 2.24) is 15.3 Å². The van der Waals surface area contributed by atoms with Crippen molar-refractivity contribution < 1.29 is 4.79 Å². The fraction of sp³-hybridized carbons (Fsp3) is 0.0556. The van der Waals surface area contributed by atoms with E-state index in [1.165, 1.54) is 11.8 Å². The van der Waals surface area contributed by atoms with Gasteiger partial charge in [0.15, 0.2) is 5.17 Å². The zero-order valence-electron chi connectivity index (χ0n) is 13.8. The summed E-state index contributed by atoms with van der Waals surface area (Å²) in [6, 6.07) is 10.8. The first kappa shape index (κ1) is 18.1. The monoisotopic (exact) mass is 417 g/mol. The van der Waals surface area contributed by atoms with E-state index in [0.29, 0.717) is 38.2 Å². The average molecular weight is 418 g/mol. The lowest BCUT2D eigenvalue weighted by Crippen LogP contribution is -2.19. The fourth-order valence-corrected chi connectivity index (χ4v) is 3.91. The summed E-state index contributed by atoms with van der Waals surface area (Å²) in [6.45, 7) is 0.341. The van der Waals surface area contributed by atoms with Crippen molar-refractivity contribution in [2.45, 2.75) is 6.54 Å². The lowest BCUT2D eigenvalue weighted by atomic mass is 10.2. The van der Waals surface area contributed by atoms with Crippen LogP contribution in [0.1, 0.15) is 11.4 Å². The van der Waals surface area contributed by atoms with Crippen molar-refractivity contribution in [3.63, 3.8) is 0 Å². The molecule has 136 valence electrons. The number of nitrogens with zero attached hydrogens (tertiary/aromatic N) is 2. The molecular weight excluding hydrogens is 405 g/mol. The Labute approximate surface area is 168 Å². The van der Waals surface area contributed by atoms with E-state index in [4.69, 9.17) is 28.9 Å². The molecule has 3 aromatic rings. The van der Waals surface area contributed by atoms with Gasteiger partial charge in [0.05, 0.1) is 32.5 Å². The molecule has 1 saturated heterocycles. The molecule has 0 saturated carbocycles. The lowest BCUT2D eigenvalue weighted by molar-refractivity contribution is -0.115. The van der Waals surface area contributed by atoms with Crippen molar-refractivity contribution >= 4 is 68.8 Å². The van der Waals surface area contributed by atoms with Gasteiger partial charge in [-0.15, -0.1) is 0 Å². The van der Waals surface area contributed by atoms with E-state index in [0.717, 1.165) is 16.6 Å². The molecule has 0 unspecified atom stereocenters. The Kier molecular flexibility index (Phi) is 4.92. The highest BCUT2D eigenvalue weighted by atomic mass is 35.5. The number of halogens is 2. The molecule has 0 bridgehead atoms. The zero-order valence-corrected chi connectivity index (χ0v) is 16.1. The van der Waals surface area contributed by atoms with E-state index in [-0.39, 0.29) is 5.91 Å². The molecule has 1 amide bonds. The summed E-state index contributed by atoms with van der Waals surface area (Å²) in [7, 11) is 0. The van der Waals surface area contributed by atoms with E-state index >= 15 is 0 Å². The number of imidazole rings is 1. The maximum absolute atomic E-state index is 12.3. The van der Waals surface area contributed by atoms with Crippen LogP contribution in [0.15, 0.2) is 46.3 Å². The van der Waals surface area contributed by atoms with Crippen LogP contribution in [0.5, 0.6) is 0 Å². The number of hydrogen-bond acceptors (Lipinski definition) is 5. The second kappa shape index (κ2) is 7.36. The molecule has 1 fully saturated rings. The number of thioether (sulfide) groups is 1. The molecule has 0 radical (unpaired) electrons. The normalized spacial score (nSPS) is 17.2. The van der Waals surface area contributed by atoms with Gasteiger partial charge in [0.2, 0.25) is 0 Å². The second-order valence-electron chi connectivity index (χ2n) is 5.72. The van der Waals surface area contributed by atoms with Crippen molar-refractivity contribution in [3.05, 3.63) is 62.7 Å². The number of aliphatic imine (C=N–C) groups is 1.